The minimum atomic E-state index is -0.477. The Morgan fingerprint density at radius 1 is 1.13 bits per heavy atom. The number of piperidine rings is 1. The Labute approximate surface area is 137 Å². The van der Waals surface area contributed by atoms with Gasteiger partial charge in [0.25, 0.3) is 0 Å². The molecule has 126 valence electrons. The van der Waals surface area contributed by atoms with Gasteiger partial charge in [0.05, 0.1) is 12.0 Å². The third-order valence-corrected chi connectivity index (χ3v) is 4.21. The zero-order chi connectivity index (χ0) is 16.7. The van der Waals surface area contributed by atoms with E-state index in [1.54, 1.807) is 38.3 Å². The molecule has 0 radical (unpaired) electrons. The number of hydrogen-bond acceptors (Lipinski definition) is 4. The largest absolute Gasteiger partial charge is 0.384 e. The summed E-state index contributed by atoms with van der Waals surface area (Å²) in [5.41, 5.74) is 0.969. The van der Waals surface area contributed by atoms with Crippen LogP contribution in [0.4, 0.5) is 11.4 Å². The van der Waals surface area contributed by atoms with Crippen molar-refractivity contribution in [3.05, 3.63) is 24.3 Å². The smallest absolute Gasteiger partial charge is 0.233 e. The van der Waals surface area contributed by atoms with Crippen LogP contribution in [0.15, 0.2) is 24.3 Å². The van der Waals surface area contributed by atoms with Crippen molar-refractivity contribution >= 4 is 23.2 Å². The first-order valence-electron chi connectivity index (χ1n) is 8.00. The Morgan fingerprint density at radius 3 is 2.22 bits per heavy atom. The summed E-state index contributed by atoms with van der Waals surface area (Å²) in [4.78, 5) is 24.1. The van der Waals surface area contributed by atoms with Crippen molar-refractivity contribution in [1.29, 1.82) is 0 Å². The average Bonchev–Trinajstić information content (AvgIpc) is 2.57. The quantitative estimate of drug-likeness (QED) is 0.749. The van der Waals surface area contributed by atoms with E-state index in [-0.39, 0.29) is 11.8 Å². The van der Waals surface area contributed by atoms with Crippen LogP contribution in [-0.2, 0) is 14.3 Å². The predicted octanol–water partition coefficient (Wildman–Crippen LogP) is 1.99. The van der Waals surface area contributed by atoms with Gasteiger partial charge in [-0.3, -0.25) is 9.59 Å². The molecule has 1 aliphatic heterocycles. The van der Waals surface area contributed by atoms with Gasteiger partial charge in [-0.1, -0.05) is 6.92 Å². The monoisotopic (exact) mass is 319 g/mol. The van der Waals surface area contributed by atoms with Gasteiger partial charge in [0.1, 0.15) is 0 Å². The lowest BCUT2D eigenvalue weighted by molar-refractivity contribution is -0.130. The fourth-order valence-corrected chi connectivity index (χ4v) is 2.77. The maximum absolute atomic E-state index is 12.7. The molecule has 3 N–H and O–H groups in total. The zero-order valence-electron chi connectivity index (χ0n) is 13.8. The first kappa shape index (κ1) is 17.4. The highest BCUT2D eigenvalue weighted by atomic mass is 16.5. The number of benzene rings is 1. The predicted molar refractivity (Wildman–Crippen MR) is 90.4 cm³/mol. The molecule has 1 saturated heterocycles. The van der Waals surface area contributed by atoms with Crippen molar-refractivity contribution < 1.29 is 14.3 Å². The highest BCUT2D eigenvalue weighted by Gasteiger charge is 2.39. The van der Waals surface area contributed by atoms with Gasteiger partial charge in [-0.25, -0.2) is 0 Å². The summed E-state index contributed by atoms with van der Waals surface area (Å²) in [6.45, 7) is 3.86. The minimum absolute atomic E-state index is 0.00815. The van der Waals surface area contributed by atoms with E-state index in [0.29, 0.717) is 13.0 Å². The van der Waals surface area contributed by atoms with Crippen molar-refractivity contribution in [2.45, 2.75) is 26.2 Å². The van der Waals surface area contributed by atoms with Crippen LogP contribution in [0.5, 0.6) is 0 Å². The van der Waals surface area contributed by atoms with Crippen LogP contribution in [0.2, 0.25) is 0 Å². The molecule has 0 spiro atoms. The molecule has 1 aromatic rings. The van der Waals surface area contributed by atoms with Crippen molar-refractivity contribution in [1.82, 2.24) is 5.32 Å². The van der Waals surface area contributed by atoms with E-state index < -0.39 is 5.41 Å². The SMILES string of the molecule is CCC(=O)Nc1ccc(NC(=O)C2(COC)CCNCC2)cc1. The van der Waals surface area contributed by atoms with Crippen LogP contribution in [0.1, 0.15) is 26.2 Å². The zero-order valence-corrected chi connectivity index (χ0v) is 13.8. The van der Waals surface area contributed by atoms with Crippen molar-refractivity contribution in [3.63, 3.8) is 0 Å². The average molecular weight is 319 g/mol. The molecule has 1 aromatic carbocycles. The van der Waals surface area contributed by atoms with E-state index in [4.69, 9.17) is 4.74 Å². The fraction of sp³-hybridized carbons (Fsp3) is 0.529. The van der Waals surface area contributed by atoms with Crippen molar-refractivity contribution in [2.24, 2.45) is 5.41 Å². The molecule has 1 heterocycles. The van der Waals surface area contributed by atoms with Gasteiger partial charge < -0.3 is 20.7 Å². The normalized spacial score (nSPS) is 16.6. The topological polar surface area (TPSA) is 79.5 Å². The van der Waals surface area contributed by atoms with E-state index >= 15 is 0 Å². The third kappa shape index (κ3) is 4.53. The number of amides is 2. The van der Waals surface area contributed by atoms with Crippen LogP contribution < -0.4 is 16.0 Å². The summed E-state index contributed by atoms with van der Waals surface area (Å²) in [6, 6.07) is 7.17. The van der Waals surface area contributed by atoms with E-state index in [0.717, 1.165) is 37.3 Å². The van der Waals surface area contributed by atoms with Crippen LogP contribution in [-0.4, -0.2) is 38.6 Å². The number of carbonyl (C=O) groups is 2. The molecule has 0 atom stereocenters. The third-order valence-electron chi connectivity index (χ3n) is 4.21. The summed E-state index contributed by atoms with van der Waals surface area (Å²) >= 11 is 0. The summed E-state index contributed by atoms with van der Waals surface area (Å²) in [6.07, 6.45) is 1.96. The number of ether oxygens (including phenoxy) is 1. The summed E-state index contributed by atoms with van der Waals surface area (Å²) in [7, 11) is 1.63. The summed E-state index contributed by atoms with van der Waals surface area (Å²) in [5, 5.41) is 9.03. The summed E-state index contributed by atoms with van der Waals surface area (Å²) < 4.78 is 5.28. The number of nitrogens with one attached hydrogen (secondary N) is 3. The van der Waals surface area contributed by atoms with Gasteiger partial charge in [0, 0.05) is 24.9 Å². The molecule has 2 amide bonds. The summed E-state index contributed by atoms with van der Waals surface area (Å²) in [5.74, 6) is -0.0401. The molecule has 0 bridgehead atoms. The van der Waals surface area contributed by atoms with Crippen LogP contribution in [0, 0.1) is 5.41 Å². The molecular formula is C17H25N3O3. The second kappa shape index (κ2) is 8.08. The molecule has 0 aliphatic carbocycles. The number of methoxy groups -OCH3 is 1. The maximum Gasteiger partial charge on any atom is 0.233 e. The van der Waals surface area contributed by atoms with E-state index in [1.807, 2.05) is 0 Å². The lowest BCUT2D eigenvalue weighted by atomic mass is 9.78. The van der Waals surface area contributed by atoms with Crippen molar-refractivity contribution in [2.75, 3.05) is 37.4 Å². The van der Waals surface area contributed by atoms with Crippen molar-refractivity contribution in [3.8, 4) is 0 Å². The second-order valence-corrected chi connectivity index (χ2v) is 5.90. The van der Waals surface area contributed by atoms with Crippen LogP contribution in [0.25, 0.3) is 0 Å². The maximum atomic E-state index is 12.7. The highest BCUT2D eigenvalue weighted by molar-refractivity contribution is 5.96. The molecule has 1 aliphatic rings. The van der Waals surface area contributed by atoms with Gasteiger partial charge in [-0.05, 0) is 50.2 Å². The number of rotatable bonds is 6. The fourth-order valence-electron chi connectivity index (χ4n) is 2.77. The number of hydrogen-bond donors (Lipinski definition) is 3. The number of carbonyl (C=O) groups excluding carboxylic acids is 2. The van der Waals surface area contributed by atoms with Crippen LogP contribution in [0.3, 0.4) is 0 Å². The van der Waals surface area contributed by atoms with Gasteiger partial charge in [-0.2, -0.15) is 0 Å². The van der Waals surface area contributed by atoms with E-state index in [1.165, 1.54) is 0 Å². The Balaban J connectivity index is 2.02. The standard InChI is InChI=1S/C17H25N3O3/c1-3-15(21)19-13-4-6-14(7-5-13)20-16(22)17(12-23-2)8-10-18-11-9-17/h4-7,18H,3,8-12H2,1-2H3,(H,19,21)(H,20,22). The Kier molecular flexibility index (Phi) is 6.12. The van der Waals surface area contributed by atoms with Gasteiger partial charge >= 0.3 is 0 Å². The molecule has 23 heavy (non-hydrogen) atoms. The van der Waals surface area contributed by atoms with Gasteiger partial charge in [-0.15, -0.1) is 0 Å². The second-order valence-electron chi connectivity index (χ2n) is 5.90. The molecule has 2 rings (SSSR count). The molecular weight excluding hydrogens is 294 g/mol. The van der Waals surface area contributed by atoms with Crippen LogP contribution >= 0.6 is 0 Å². The molecule has 6 heteroatoms. The lowest BCUT2D eigenvalue weighted by Gasteiger charge is -2.35. The molecule has 6 nitrogen and oxygen atoms in total. The highest BCUT2D eigenvalue weighted by Crippen LogP contribution is 2.31. The Hall–Kier alpha value is -1.92. The first-order chi connectivity index (χ1) is 11.1. The lowest BCUT2D eigenvalue weighted by Crippen LogP contribution is -2.47. The molecule has 0 aromatic heterocycles. The molecule has 0 saturated carbocycles. The molecule has 0 unspecified atom stereocenters. The molecule has 1 fully saturated rings. The number of anilines is 2. The van der Waals surface area contributed by atoms with Gasteiger partial charge in [0.2, 0.25) is 11.8 Å². The Bertz CT molecular complexity index is 531. The van der Waals surface area contributed by atoms with E-state index in [9.17, 15) is 9.59 Å². The Morgan fingerprint density at radius 2 is 1.70 bits per heavy atom. The first-order valence-corrected chi connectivity index (χ1v) is 8.00. The van der Waals surface area contributed by atoms with E-state index in [2.05, 4.69) is 16.0 Å². The van der Waals surface area contributed by atoms with Gasteiger partial charge in [0.15, 0.2) is 0 Å². The minimum Gasteiger partial charge on any atom is -0.384 e.